The zero-order valence-electron chi connectivity index (χ0n) is 17.2. The molecule has 2 aromatic rings. The molecular weight excluding hydrogens is 361 g/mol. The molecule has 6 heteroatoms. The molecule has 1 saturated carbocycles. The third kappa shape index (κ3) is 5.62. The van der Waals surface area contributed by atoms with Crippen molar-refractivity contribution in [2.75, 3.05) is 5.32 Å². The minimum atomic E-state index is -0.384. The predicted molar refractivity (Wildman–Crippen MR) is 118 cm³/mol. The van der Waals surface area contributed by atoms with Crippen LogP contribution in [0.5, 0.6) is 5.75 Å². The summed E-state index contributed by atoms with van der Waals surface area (Å²) in [5.41, 5.74) is 3.10. The van der Waals surface area contributed by atoms with Crippen LogP contribution in [0.2, 0.25) is 0 Å². The van der Waals surface area contributed by atoms with E-state index in [1.165, 1.54) is 19.3 Å². The van der Waals surface area contributed by atoms with Crippen LogP contribution in [0.15, 0.2) is 54.8 Å². The molecule has 0 bridgehead atoms. The summed E-state index contributed by atoms with van der Waals surface area (Å²) in [6.07, 6.45) is 9.76. The van der Waals surface area contributed by atoms with Gasteiger partial charge in [-0.3, -0.25) is 9.48 Å². The number of hydrogen-bond acceptors (Lipinski definition) is 3. The lowest BCUT2D eigenvalue weighted by Gasteiger charge is -2.24. The summed E-state index contributed by atoms with van der Waals surface area (Å²) in [6, 6.07) is 9.15. The average Bonchev–Trinajstić information content (AvgIpc) is 3.20. The van der Waals surface area contributed by atoms with Gasteiger partial charge < -0.3 is 10.1 Å². The Kier molecular flexibility index (Phi) is 6.97. The number of amides is 1. The van der Waals surface area contributed by atoms with Crippen molar-refractivity contribution < 1.29 is 9.53 Å². The summed E-state index contributed by atoms with van der Waals surface area (Å²) in [6.45, 7) is 7.69. The fourth-order valence-electron chi connectivity index (χ4n) is 3.69. The van der Waals surface area contributed by atoms with E-state index in [2.05, 4.69) is 21.7 Å². The summed E-state index contributed by atoms with van der Waals surface area (Å²) in [5.74, 6) is 0.414. The van der Waals surface area contributed by atoms with Gasteiger partial charge in [-0.05, 0) is 68.7 Å². The molecule has 1 aliphatic rings. The molecule has 2 radical (unpaired) electrons. The summed E-state index contributed by atoms with van der Waals surface area (Å²) >= 11 is 0. The lowest BCUT2D eigenvalue weighted by atomic mass is 9.95. The van der Waals surface area contributed by atoms with Crippen LogP contribution in [-0.4, -0.2) is 29.5 Å². The van der Waals surface area contributed by atoms with Gasteiger partial charge in [0.05, 0.1) is 17.7 Å². The van der Waals surface area contributed by atoms with Crippen molar-refractivity contribution in [1.29, 1.82) is 0 Å². The highest BCUT2D eigenvalue weighted by Crippen LogP contribution is 2.30. The molecular formula is C23H28BN3O2. The molecule has 3 rings (SSSR count). The molecule has 0 saturated heterocycles. The fourth-order valence-corrected chi connectivity index (χ4v) is 3.69. The fraction of sp³-hybridized carbons (Fsp3) is 0.391. The number of carbonyl (C=O) groups excluding carboxylic acids is 1. The number of anilines is 1. The van der Waals surface area contributed by atoms with E-state index >= 15 is 0 Å². The smallest absolute Gasteiger partial charge is 0.255 e. The Labute approximate surface area is 174 Å². The molecule has 5 nitrogen and oxygen atoms in total. The Balaban J connectivity index is 1.65. The number of nitrogens with one attached hydrogen (secondary N) is 1. The van der Waals surface area contributed by atoms with Gasteiger partial charge in [0.25, 0.3) is 5.91 Å². The minimum absolute atomic E-state index is 0.242. The second-order valence-corrected chi connectivity index (χ2v) is 7.61. The Morgan fingerprint density at radius 2 is 1.97 bits per heavy atom. The number of ether oxygens (including phenoxy) is 1. The Morgan fingerprint density at radius 3 is 2.62 bits per heavy atom. The maximum atomic E-state index is 12.5. The van der Waals surface area contributed by atoms with Gasteiger partial charge in [0.1, 0.15) is 13.6 Å². The number of hydrogen-bond donors (Lipinski definition) is 1. The molecule has 1 aromatic carbocycles. The molecule has 1 aromatic heterocycles. The molecule has 1 fully saturated rings. The Morgan fingerprint density at radius 1 is 1.28 bits per heavy atom. The molecule has 0 spiro atoms. The molecule has 1 atom stereocenters. The third-order valence-corrected chi connectivity index (χ3v) is 5.11. The van der Waals surface area contributed by atoms with E-state index in [9.17, 15) is 4.79 Å². The minimum Gasteiger partial charge on any atom is -0.501 e. The van der Waals surface area contributed by atoms with E-state index in [1.807, 2.05) is 25.3 Å². The first-order valence-corrected chi connectivity index (χ1v) is 10.2. The average molecular weight is 389 g/mol. The highest BCUT2D eigenvalue weighted by molar-refractivity contribution is 6.10. The van der Waals surface area contributed by atoms with Crippen LogP contribution >= 0.6 is 0 Å². The summed E-state index contributed by atoms with van der Waals surface area (Å²) in [4.78, 5) is 12.5. The maximum Gasteiger partial charge on any atom is 0.255 e. The van der Waals surface area contributed by atoms with E-state index in [0.717, 1.165) is 24.1 Å². The van der Waals surface area contributed by atoms with Crippen molar-refractivity contribution in [1.82, 2.24) is 9.78 Å². The Hall–Kier alpha value is -2.76. The second kappa shape index (κ2) is 9.63. The molecule has 29 heavy (non-hydrogen) atoms. The standard InChI is InChI=1S/C23H28BN3O2/c1-16(22-13-14-25-27(22)20-7-5-4-6-8-20)15-17(2)23(28)26-19-9-11-21(12-10-19)29-18(3)24/h9-15,18,20H,2,4-8H2,1,3H3,(H,26,28)/b16-15+. The number of allylic oxidation sites excluding steroid dienone is 1. The second-order valence-electron chi connectivity index (χ2n) is 7.61. The van der Waals surface area contributed by atoms with E-state index in [1.54, 1.807) is 31.2 Å². The molecule has 150 valence electrons. The molecule has 1 heterocycles. The highest BCUT2D eigenvalue weighted by atomic mass is 16.5. The maximum absolute atomic E-state index is 12.5. The van der Waals surface area contributed by atoms with Crippen molar-refractivity contribution in [3.8, 4) is 5.75 Å². The highest BCUT2D eigenvalue weighted by Gasteiger charge is 2.19. The topological polar surface area (TPSA) is 56.1 Å². The largest absolute Gasteiger partial charge is 0.501 e. The van der Waals surface area contributed by atoms with Gasteiger partial charge in [-0.15, -0.1) is 0 Å². The van der Waals surface area contributed by atoms with Gasteiger partial charge in [0.2, 0.25) is 0 Å². The van der Waals surface area contributed by atoms with E-state index in [-0.39, 0.29) is 11.9 Å². The van der Waals surface area contributed by atoms with Crippen molar-refractivity contribution in [2.24, 2.45) is 0 Å². The van der Waals surface area contributed by atoms with Gasteiger partial charge >= 0.3 is 0 Å². The van der Waals surface area contributed by atoms with E-state index < -0.39 is 0 Å². The van der Waals surface area contributed by atoms with Gasteiger partial charge in [0.15, 0.2) is 0 Å². The van der Waals surface area contributed by atoms with Crippen molar-refractivity contribution in [3.63, 3.8) is 0 Å². The molecule has 0 aliphatic heterocycles. The van der Waals surface area contributed by atoms with Crippen LogP contribution in [0.25, 0.3) is 5.57 Å². The molecule has 1 N–H and O–H groups in total. The summed E-state index contributed by atoms with van der Waals surface area (Å²) in [5, 5.41) is 7.39. The van der Waals surface area contributed by atoms with Crippen LogP contribution in [-0.2, 0) is 4.79 Å². The van der Waals surface area contributed by atoms with Crippen molar-refractivity contribution in [3.05, 3.63) is 60.5 Å². The van der Waals surface area contributed by atoms with Crippen LogP contribution in [0.4, 0.5) is 5.69 Å². The van der Waals surface area contributed by atoms with Gasteiger partial charge in [-0.25, -0.2) is 0 Å². The molecule has 1 amide bonds. The monoisotopic (exact) mass is 389 g/mol. The van der Waals surface area contributed by atoms with Crippen LogP contribution in [0, 0.1) is 0 Å². The predicted octanol–water partition coefficient (Wildman–Crippen LogP) is 4.88. The molecule has 1 aliphatic carbocycles. The van der Waals surface area contributed by atoms with E-state index in [0.29, 0.717) is 23.1 Å². The third-order valence-electron chi connectivity index (χ3n) is 5.11. The quantitative estimate of drug-likeness (QED) is 0.417. The zero-order chi connectivity index (χ0) is 20.8. The first-order valence-electron chi connectivity index (χ1n) is 10.2. The first kappa shape index (κ1) is 21.0. The van der Waals surface area contributed by atoms with E-state index in [4.69, 9.17) is 12.6 Å². The van der Waals surface area contributed by atoms with Gasteiger partial charge in [-0.1, -0.05) is 25.8 Å². The zero-order valence-corrected chi connectivity index (χ0v) is 17.2. The molecule has 1 unspecified atom stereocenters. The number of carbonyl (C=O) groups is 1. The number of nitrogens with zero attached hydrogens (tertiary/aromatic N) is 2. The van der Waals surface area contributed by atoms with Gasteiger partial charge in [-0.2, -0.15) is 5.10 Å². The summed E-state index contributed by atoms with van der Waals surface area (Å²) < 4.78 is 7.51. The number of rotatable bonds is 7. The van der Waals surface area contributed by atoms with Gasteiger partial charge in [0, 0.05) is 17.5 Å². The number of benzene rings is 1. The lowest BCUT2D eigenvalue weighted by molar-refractivity contribution is -0.112. The Bertz CT molecular complexity index is 878. The van der Waals surface area contributed by atoms with Crippen LogP contribution in [0.3, 0.4) is 0 Å². The SMILES string of the molecule is [B]C(C)Oc1ccc(NC(=O)C(=C)/C=C(\C)c2ccnn2C2CCCCC2)cc1. The normalized spacial score (nSPS) is 16.3. The lowest BCUT2D eigenvalue weighted by Crippen LogP contribution is -2.16. The number of aromatic nitrogens is 2. The van der Waals surface area contributed by atoms with Crippen LogP contribution < -0.4 is 10.1 Å². The summed E-state index contributed by atoms with van der Waals surface area (Å²) in [7, 11) is 5.61. The van der Waals surface area contributed by atoms with Crippen molar-refractivity contribution >= 4 is 25.0 Å². The first-order chi connectivity index (χ1) is 13.9. The van der Waals surface area contributed by atoms with Crippen LogP contribution in [0.1, 0.15) is 57.7 Å². The van der Waals surface area contributed by atoms with Crippen molar-refractivity contribution in [2.45, 2.75) is 58.0 Å².